The Morgan fingerprint density at radius 2 is 1.71 bits per heavy atom. The average Bonchev–Trinajstić information content (AvgIpc) is 3.09. The van der Waals surface area contributed by atoms with Crippen LogP contribution in [-0.4, -0.2) is 4.98 Å². The third-order valence-electron chi connectivity index (χ3n) is 4.76. The molecule has 4 aromatic rings. The van der Waals surface area contributed by atoms with E-state index in [2.05, 4.69) is 16.4 Å². The van der Waals surface area contributed by atoms with Gasteiger partial charge in [0.25, 0.3) is 0 Å². The van der Waals surface area contributed by atoms with Crippen LogP contribution in [0.4, 0.5) is 30.2 Å². The van der Waals surface area contributed by atoms with E-state index < -0.39 is 11.7 Å². The van der Waals surface area contributed by atoms with Gasteiger partial charge in [-0.1, -0.05) is 36.0 Å². The molecule has 0 radical (unpaired) electrons. The van der Waals surface area contributed by atoms with Gasteiger partial charge in [0.15, 0.2) is 0 Å². The molecule has 1 aliphatic heterocycles. The summed E-state index contributed by atoms with van der Waals surface area (Å²) in [5.41, 5.74) is 9.52. The molecule has 0 fully saturated rings. The Kier molecular flexibility index (Phi) is 3.64. The fourth-order valence-corrected chi connectivity index (χ4v) is 4.48. The zero-order valence-corrected chi connectivity index (χ0v) is 15.2. The first-order valence-corrected chi connectivity index (χ1v) is 9.38. The highest BCUT2D eigenvalue weighted by Crippen LogP contribution is 2.49. The standard InChI is InChI=1S/C21H14F3N3S/c22-21(23,24)13-9-14(25)20-19(10-13)28-18-8-12(5-6-16(18)27-20)17-7-11-3-1-2-4-15(11)26-17/h1-10,26-27H,25H2. The topological polar surface area (TPSA) is 53.8 Å². The van der Waals surface area contributed by atoms with Crippen molar-refractivity contribution in [3.63, 3.8) is 0 Å². The van der Waals surface area contributed by atoms with Gasteiger partial charge in [-0.05, 0) is 42.0 Å². The highest BCUT2D eigenvalue weighted by atomic mass is 32.2. The Balaban J connectivity index is 1.56. The minimum absolute atomic E-state index is 0.0858. The second-order valence-corrected chi connectivity index (χ2v) is 7.73. The van der Waals surface area contributed by atoms with Crippen molar-refractivity contribution >= 4 is 39.7 Å². The molecule has 0 spiro atoms. The molecule has 140 valence electrons. The Morgan fingerprint density at radius 1 is 0.893 bits per heavy atom. The normalized spacial score (nSPS) is 13.1. The number of anilines is 3. The van der Waals surface area contributed by atoms with Gasteiger partial charge in [0, 0.05) is 26.4 Å². The summed E-state index contributed by atoms with van der Waals surface area (Å²) < 4.78 is 39.4. The van der Waals surface area contributed by atoms with Crippen molar-refractivity contribution in [1.82, 2.24) is 4.98 Å². The number of hydrogen-bond acceptors (Lipinski definition) is 3. The van der Waals surface area contributed by atoms with Gasteiger partial charge >= 0.3 is 6.18 Å². The molecule has 7 heteroatoms. The molecule has 0 amide bonds. The van der Waals surface area contributed by atoms with E-state index in [4.69, 9.17) is 5.73 Å². The number of benzene rings is 3. The quantitative estimate of drug-likeness (QED) is 0.278. The molecule has 1 aliphatic rings. The maximum absolute atomic E-state index is 13.1. The minimum atomic E-state index is -4.43. The molecule has 4 N–H and O–H groups in total. The predicted molar refractivity (Wildman–Crippen MR) is 107 cm³/mol. The van der Waals surface area contributed by atoms with Crippen molar-refractivity contribution in [3.8, 4) is 11.3 Å². The number of nitrogen functional groups attached to an aromatic ring is 1. The van der Waals surface area contributed by atoms with Crippen LogP contribution in [0.15, 0.2) is 70.5 Å². The lowest BCUT2D eigenvalue weighted by Gasteiger charge is -2.24. The summed E-state index contributed by atoms with van der Waals surface area (Å²) in [4.78, 5) is 4.69. The number of aromatic amines is 1. The van der Waals surface area contributed by atoms with Crippen LogP contribution in [0.5, 0.6) is 0 Å². The maximum Gasteiger partial charge on any atom is 0.416 e. The van der Waals surface area contributed by atoms with Gasteiger partial charge in [-0.2, -0.15) is 13.2 Å². The van der Waals surface area contributed by atoms with Crippen molar-refractivity contribution in [2.24, 2.45) is 0 Å². The van der Waals surface area contributed by atoms with Crippen LogP contribution in [-0.2, 0) is 6.18 Å². The van der Waals surface area contributed by atoms with E-state index in [0.29, 0.717) is 10.6 Å². The highest BCUT2D eigenvalue weighted by molar-refractivity contribution is 7.99. The van der Waals surface area contributed by atoms with Crippen LogP contribution in [0.1, 0.15) is 5.56 Å². The van der Waals surface area contributed by atoms with E-state index in [1.54, 1.807) is 0 Å². The van der Waals surface area contributed by atoms with Crippen molar-refractivity contribution in [1.29, 1.82) is 0 Å². The maximum atomic E-state index is 13.1. The molecular formula is C21H14F3N3S. The smallest absolute Gasteiger partial charge is 0.397 e. The van der Waals surface area contributed by atoms with E-state index in [0.717, 1.165) is 44.9 Å². The van der Waals surface area contributed by atoms with E-state index >= 15 is 0 Å². The SMILES string of the molecule is Nc1cc(C(F)(F)F)cc2c1Nc1ccc(-c3cc4ccccc4[nH]3)cc1S2. The van der Waals surface area contributed by atoms with Crippen molar-refractivity contribution in [3.05, 3.63) is 66.2 Å². The fourth-order valence-electron chi connectivity index (χ4n) is 3.37. The molecule has 28 heavy (non-hydrogen) atoms. The first-order chi connectivity index (χ1) is 13.4. The number of halogens is 3. The number of aromatic nitrogens is 1. The third-order valence-corrected chi connectivity index (χ3v) is 5.86. The number of fused-ring (bicyclic) bond motifs is 3. The van der Waals surface area contributed by atoms with Crippen LogP contribution in [0, 0.1) is 0 Å². The second kappa shape index (κ2) is 5.97. The first kappa shape index (κ1) is 17.1. The zero-order valence-electron chi connectivity index (χ0n) is 14.4. The number of nitrogens with one attached hydrogen (secondary N) is 2. The summed E-state index contributed by atoms with van der Waals surface area (Å²) in [7, 11) is 0. The summed E-state index contributed by atoms with van der Waals surface area (Å²) in [5.74, 6) is 0. The lowest BCUT2D eigenvalue weighted by Crippen LogP contribution is -2.09. The number of H-pyrrole nitrogens is 1. The molecule has 3 aromatic carbocycles. The van der Waals surface area contributed by atoms with Gasteiger partial charge in [-0.15, -0.1) is 0 Å². The summed E-state index contributed by atoms with van der Waals surface area (Å²) in [5, 5.41) is 4.27. The van der Waals surface area contributed by atoms with E-state index in [9.17, 15) is 13.2 Å². The molecule has 3 nitrogen and oxygen atoms in total. The molecule has 0 bridgehead atoms. The van der Waals surface area contributed by atoms with Gasteiger partial charge in [0.1, 0.15) is 0 Å². The lowest BCUT2D eigenvalue weighted by atomic mass is 10.1. The number of nitrogens with two attached hydrogens (primary N) is 1. The Hall–Kier alpha value is -3.06. The Bertz CT molecular complexity index is 1190. The van der Waals surface area contributed by atoms with Crippen molar-refractivity contribution < 1.29 is 13.2 Å². The van der Waals surface area contributed by atoms with Crippen molar-refractivity contribution in [2.45, 2.75) is 16.0 Å². The second-order valence-electron chi connectivity index (χ2n) is 6.64. The molecule has 0 unspecified atom stereocenters. The molecule has 0 saturated carbocycles. The van der Waals surface area contributed by atoms with Gasteiger partial charge in [0.05, 0.1) is 22.6 Å². The predicted octanol–water partition coefficient (Wildman–Crippen LogP) is 6.64. The summed E-state index contributed by atoms with van der Waals surface area (Å²) in [6.07, 6.45) is -4.43. The molecule has 0 saturated heterocycles. The summed E-state index contributed by atoms with van der Waals surface area (Å²) in [6, 6.07) is 18.0. The number of rotatable bonds is 1. The molecule has 0 atom stereocenters. The van der Waals surface area contributed by atoms with Gasteiger partial charge in [-0.3, -0.25) is 0 Å². The monoisotopic (exact) mass is 397 g/mol. The van der Waals surface area contributed by atoms with E-state index in [1.807, 2.05) is 42.5 Å². The van der Waals surface area contributed by atoms with Crippen LogP contribution in [0.3, 0.4) is 0 Å². The van der Waals surface area contributed by atoms with Crippen LogP contribution >= 0.6 is 11.8 Å². The lowest BCUT2D eigenvalue weighted by molar-refractivity contribution is -0.137. The van der Waals surface area contributed by atoms with Gasteiger partial charge in [0.2, 0.25) is 0 Å². The summed E-state index contributed by atoms with van der Waals surface area (Å²) >= 11 is 1.29. The van der Waals surface area contributed by atoms with E-state index in [-0.39, 0.29) is 5.69 Å². The van der Waals surface area contributed by atoms with Crippen LogP contribution in [0.2, 0.25) is 0 Å². The van der Waals surface area contributed by atoms with Gasteiger partial charge in [-0.25, -0.2) is 0 Å². The molecule has 0 aliphatic carbocycles. The molecule has 5 rings (SSSR count). The number of alkyl halides is 3. The number of hydrogen-bond donors (Lipinski definition) is 3. The average molecular weight is 397 g/mol. The largest absolute Gasteiger partial charge is 0.416 e. The molecular weight excluding hydrogens is 383 g/mol. The molecule has 2 heterocycles. The van der Waals surface area contributed by atoms with Gasteiger partial charge < -0.3 is 16.0 Å². The van der Waals surface area contributed by atoms with E-state index in [1.165, 1.54) is 11.8 Å². The Labute approximate surface area is 162 Å². The van der Waals surface area contributed by atoms with Crippen LogP contribution < -0.4 is 11.1 Å². The summed E-state index contributed by atoms with van der Waals surface area (Å²) in [6.45, 7) is 0. The minimum Gasteiger partial charge on any atom is -0.397 e. The third kappa shape index (κ3) is 2.79. The number of para-hydroxylation sites is 1. The molecule has 1 aromatic heterocycles. The Morgan fingerprint density at radius 3 is 2.50 bits per heavy atom. The fraction of sp³-hybridized carbons (Fsp3) is 0.0476. The zero-order chi connectivity index (χ0) is 19.5. The van der Waals surface area contributed by atoms with Crippen molar-refractivity contribution in [2.75, 3.05) is 11.1 Å². The first-order valence-electron chi connectivity index (χ1n) is 8.56. The van der Waals surface area contributed by atoms with Crippen LogP contribution in [0.25, 0.3) is 22.2 Å². The highest BCUT2D eigenvalue weighted by Gasteiger charge is 2.33.